The van der Waals surface area contributed by atoms with Gasteiger partial charge in [0.05, 0.1) is 6.10 Å². The lowest BCUT2D eigenvalue weighted by Crippen LogP contribution is -2.41. The van der Waals surface area contributed by atoms with E-state index >= 15 is 0 Å². The molecule has 100 valence electrons. The van der Waals surface area contributed by atoms with Crippen LogP contribution in [0.1, 0.15) is 36.5 Å². The number of hydrogen-bond acceptors (Lipinski definition) is 2. The molecule has 0 amide bonds. The van der Waals surface area contributed by atoms with E-state index in [1.54, 1.807) is 0 Å². The van der Waals surface area contributed by atoms with Crippen LogP contribution in [0.2, 0.25) is 0 Å². The van der Waals surface area contributed by atoms with Gasteiger partial charge >= 0.3 is 0 Å². The lowest BCUT2D eigenvalue weighted by molar-refractivity contribution is 0.0789. The van der Waals surface area contributed by atoms with Gasteiger partial charge in [0.15, 0.2) is 0 Å². The fourth-order valence-corrected chi connectivity index (χ4v) is 2.70. The van der Waals surface area contributed by atoms with Crippen LogP contribution in [0.15, 0.2) is 18.2 Å². The number of ether oxygens (including phenoxy) is 1. The molecule has 2 atom stereocenters. The highest BCUT2D eigenvalue weighted by Crippen LogP contribution is 2.20. The normalized spacial score (nSPS) is 21.2. The van der Waals surface area contributed by atoms with Crippen molar-refractivity contribution in [3.63, 3.8) is 0 Å². The minimum Gasteiger partial charge on any atom is -0.377 e. The van der Waals surface area contributed by atoms with Gasteiger partial charge < -0.3 is 10.1 Å². The molecule has 0 radical (unpaired) electrons. The first-order chi connectivity index (χ1) is 8.70. The molecule has 1 fully saturated rings. The second kappa shape index (κ2) is 6.35. The Balaban J connectivity index is 2.04. The molecule has 0 bridgehead atoms. The molecule has 0 aliphatic carbocycles. The summed E-state index contributed by atoms with van der Waals surface area (Å²) < 4.78 is 5.83. The molecule has 1 saturated heterocycles. The number of nitrogens with one attached hydrogen (secondary N) is 1. The molecular weight excluding hydrogens is 222 g/mol. The summed E-state index contributed by atoms with van der Waals surface area (Å²) in [5, 5.41) is 3.58. The van der Waals surface area contributed by atoms with Gasteiger partial charge in [0.1, 0.15) is 0 Å². The largest absolute Gasteiger partial charge is 0.377 e. The monoisotopic (exact) mass is 247 g/mol. The summed E-state index contributed by atoms with van der Waals surface area (Å²) >= 11 is 0. The van der Waals surface area contributed by atoms with Crippen LogP contribution in [0.5, 0.6) is 0 Å². The summed E-state index contributed by atoms with van der Waals surface area (Å²) in [5.41, 5.74) is 4.17. The third-order valence-corrected chi connectivity index (χ3v) is 3.91. The molecule has 2 unspecified atom stereocenters. The van der Waals surface area contributed by atoms with Crippen molar-refractivity contribution in [2.45, 2.75) is 52.2 Å². The summed E-state index contributed by atoms with van der Waals surface area (Å²) in [5.74, 6) is 0. The van der Waals surface area contributed by atoms with Crippen molar-refractivity contribution in [3.8, 4) is 0 Å². The summed E-state index contributed by atoms with van der Waals surface area (Å²) in [4.78, 5) is 0. The highest BCUT2D eigenvalue weighted by molar-refractivity contribution is 5.30. The maximum absolute atomic E-state index is 5.83. The number of hydrogen-bond donors (Lipinski definition) is 1. The van der Waals surface area contributed by atoms with Gasteiger partial charge in [0.25, 0.3) is 0 Å². The van der Waals surface area contributed by atoms with Crippen molar-refractivity contribution in [1.29, 1.82) is 0 Å². The molecule has 1 aliphatic rings. The van der Waals surface area contributed by atoms with Crippen molar-refractivity contribution < 1.29 is 4.74 Å². The zero-order valence-corrected chi connectivity index (χ0v) is 11.8. The molecule has 1 aliphatic heterocycles. The zero-order valence-electron chi connectivity index (χ0n) is 11.8. The van der Waals surface area contributed by atoms with E-state index in [9.17, 15) is 0 Å². The SMILES string of the molecule is CCNC(Cc1ccc(C)c(C)c1)C1CCCO1. The highest BCUT2D eigenvalue weighted by atomic mass is 16.5. The third kappa shape index (κ3) is 3.33. The molecule has 0 spiro atoms. The van der Waals surface area contributed by atoms with Crippen molar-refractivity contribution in [2.24, 2.45) is 0 Å². The van der Waals surface area contributed by atoms with Crippen LogP contribution < -0.4 is 5.32 Å². The molecular formula is C16H25NO. The van der Waals surface area contributed by atoms with E-state index in [-0.39, 0.29) is 0 Å². The Bertz CT molecular complexity index is 383. The van der Waals surface area contributed by atoms with Gasteiger partial charge in [-0.05, 0) is 56.3 Å². The van der Waals surface area contributed by atoms with E-state index in [0.717, 1.165) is 19.6 Å². The second-order valence-corrected chi connectivity index (χ2v) is 5.34. The Morgan fingerprint density at radius 2 is 2.17 bits per heavy atom. The molecule has 0 saturated carbocycles. The summed E-state index contributed by atoms with van der Waals surface area (Å²) in [7, 11) is 0. The van der Waals surface area contributed by atoms with Crippen LogP contribution in [0, 0.1) is 13.8 Å². The average Bonchev–Trinajstić information content (AvgIpc) is 2.87. The molecule has 1 N–H and O–H groups in total. The van der Waals surface area contributed by atoms with Crippen LogP contribution in [-0.4, -0.2) is 25.3 Å². The first kappa shape index (κ1) is 13.6. The van der Waals surface area contributed by atoms with Gasteiger partial charge in [-0.25, -0.2) is 0 Å². The van der Waals surface area contributed by atoms with Gasteiger partial charge in [0, 0.05) is 12.6 Å². The fraction of sp³-hybridized carbons (Fsp3) is 0.625. The van der Waals surface area contributed by atoms with Crippen LogP contribution in [0.25, 0.3) is 0 Å². The maximum atomic E-state index is 5.83. The van der Waals surface area contributed by atoms with Gasteiger partial charge in [0.2, 0.25) is 0 Å². The minimum absolute atomic E-state index is 0.395. The Morgan fingerprint density at radius 3 is 2.78 bits per heavy atom. The number of likely N-dealkylation sites (N-methyl/N-ethyl adjacent to an activating group) is 1. The van der Waals surface area contributed by atoms with E-state index in [1.165, 1.54) is 29.5 Å². The molecule has 1 heterocycles. The molecule has 2 nitrogen and oxygen atoms in total. The minimum atomic E-state index is 0.395. The first-order valence-electron chi connectivity index (χ1n) is 7.12. The summed E-state index contributed by atoms with van der Waals surface area (Å²) in [6, 6.07) is 7.25. The summed E-state index contributed by atoms with van der Waals surface area (Å²) in [6.07, 6.45) is 3.87. The van der Waals surface area contributed by atoms with Gasteiger partial charge in [-0.3, -0.25) is 0 Å². The predicted octanol–water partition coefficient (Wildman–Crippen LogP) is 3.00. The van der Waals surface area contributed by atoms with Gasteiger partial charge in [-0.2, -0.15) is 0 Å². The Labute approximate surface area is 111 Å². The number of aryl methyl sites for hydroxylation is 2. The van der Waals surface area contributed by atoms with E-state index in [0.29, 0.717) is 12.1 Å². The number of benzene rings is 1. The molecule has 1 aromatic rings. The zero-order chi connectivity index (χ0) is 13.0. The second-order valence-electron chi connectivity index (χ2n) is 5.34. The van der Waals surface area contributed by atoms with Crippen LogP contribution in [-0.2, 0) is 11.2 Å². The third-order valence-electron chi connectivity index (χ3n) is 3.91. The van der Waals surface area contributed by atoms with E-state index < -0.39 is 0 Å². The smallest absolute Gasteiger partial charge is 0.0732 e. The molecule has 2 heteroatoms. The molecule has 2 rings (SSSR count). The van der Waals surface area contributed by atoms with Crippen molar-refractivity contribution in [2.75, 3.05) is 13.2 Å². The highest BCUT2D eigenvalue weighted by Gasteiger charge is 2.25. The Kier molecular flexibility index (Phi) is 4.79. The van der Waals surface area contributed by atoms with Gasteiger partial charge in [-0.15, -0.1) is 0 Å². The lowest BCUT2D eigenvalue weighted by Gasteiger charge is -2.24. The van der Waals surface area contributed by atoms with Crippen molar-refractivity contribution in [1.82, 2.24) is 5.32 Å². The Hall–Kier alpha value is -0.860. The first-order valence-corrected chi connectivity index (χ1v) is 7.12. The predicted molar refractivity (Wildman–Crippen MR) is 76.1 cm³/mol. The van der Waals surface area contributed by atoms with Crippen molar-refractivity contribution >= 4 is 0 Å². The van der Waals surface area contributed by atoms with Crippen LogP contribution >= 0.6 is 0 Å². The lowest BCUT2D eigenvalue weighted by atomic mass is 9.97. The van der Waals surface area contributed by atoms with Crippen molar-refractivity contribution in [3.05, 3.63) is 34.9 Å². The number of rotatable bonds is 5. The van der Waals surface area contributed by atoms with E-state index in [2.05, 4.69) is 44.3 Å². The van der Waals surface area contributed by atoms with Crippen LogP contribution in [0.3, 0.4) is 0 Å². The van der Waals surface area contributed by atoms with E-state index in [1.807, 2.05) is 0 Å². The summed E-state index contributed by atoms with van der Waals surface area (Å²) in [6.45, 7) is 8.46. The molecule has 0 aromatic heterocycles. The van der Waals surface area contributed by atoms with E-state index in [4.69, 9.17) is 4.74 Å². The topological polar surface area (TPSA) is 21.3 Å². The molecule has 18 heavy (non-hydrogen) atoms. The average molecular weight is 247 g/mol. The quantitative estimate of drug-likeness (QED) is 0.863. The van der Waals surface area contributed by atoms with Crippen LogP contribution in [0.4, 0.5) is 0 Å². The Morgan fingerprint density at radius 1 is 1.33 bits per heavy atom. The maximum Gasteiger partial charge on any atom is 0.0732 e. The van der Waals surface area contributed by atoms with Gasteiger partial charge in [-0.1, -0.05) is 25.1 Å². The standard InChI is InChI=1S/C16H25NO/c1-4-17-15(16-6-5-9-18-16)11-14-8-7-12(2)13(3)10-14/h7-8,10,15-17H,4-6,9,11H2,1-3H3. The fourth-order valence-electron chi connectivity index (χ4n) is 2.70. The molecule has 1 aromatic carbocycles.